The highest BCUT2D eigenvalue weighted by Crippen LogP contribution is 2.28. The Morgan fingerprint density at radius 3 is 2.74 bits per heavy atom. The van der Waals surface area contributed by atoms with Crippen molar-refractivity contribution in [1.29, 1.82) is 0 Å². The SMILES string of the molecule is Cc1cccc([N+](=O)[O-])c1-n1cnc2ccccc21. The van der Waals surface area contributed by atoms with Gasteiger partial charge >= 0.3 is 0 Å². The number of aryl methyl sites for hydroxylation is 1. The highest BCUT2D eigenvalue weighted by atomic mass is 16.6. The van der Waals surface area contributed by atoms with Crippen molar-refractivity contribution in [3.8, 4) is 5.69 Å². The molecule has 0 atom stereocenters. The molecule has 0 amide bonds. The van der Waals surface area contributed by atoms with E-state index < -0.39 is 0 Å². The maximum Gasteiger partial charge on any atom is 0.293 e. The van der Waals surface area contributed by atoms with Gasteiger partial charge in [0, 0.05) is 6.07 Å². The summed E-state index contributed by atoms with van der Waals surface area (Å²) in [5, 5.41) is 11.2. The van der Waals surface area contributed by atoms with Crippen LogP contribution in [0.15, 0.2) is 48.8 Å². The van der Waals surface area contributed by atoms with E-state index in [1.165, 1.54) is 6.07 Å². The highest BCUT2D eigenvalue weighted by molar-refractivity contribution is 5.79. The largest absolute Gasteiger partial charge is 0.293 e. The van der Waals surface area contributed by atoms with Crippen LogP contribution in [0.1, 0.15) is 5.56 Å². The number of nitro benzene ring substituents is 1. The van der Waals surface area contributed by atoms with Gasteiger partial charge < -0.3 is 0 Å². The summed E-state index contributed by atoms with van der Waals surface area (Å²) in [5.41, 5.74) is 3.18. The molecule has 19 heavy (non-hydrogen) atoms. The Balaban J connectivity index is 2.36. The number of nitro groups is 1. The zero-order valence-corrected chi connectivity index (χ0v) is 10.3. The third-order valence-corrected chi connectivity index (χ3v) is 3.11. The summed E-state index contributed by atoms with van der Waals surface area (Å²) in [5.74, 6) is 0. The fraction of sp³-hybridized carbons (Fsp3) is 0.0714. The second-order valence-corrected chi connectivity index (χ2v) is 4.30. The zero-order valence-electron chi connectivity index (χ0n) is 10.3. The lowest BCUT2D eigenvalue weighted by atomic mass is 10.1. The molecular formula is C14H11N3O2. The van der Waals surface area contributed by atoms with Crippen LogP contribution < -0.4 is 0 Å². The van der Waals surface area contributed by atoms with Crippen LogP contribution in [-0.2, 0) is 0 Å². The van der Waals surface area contributed by atoms with Gasteiger partial charge in [-0.25, -0.2) is 4.98 Å². The molecule has 3 aromatic rings. The van der Waals surface area contributed by atoms with Gasteiger partial charge in [0.25, 0.3) is 5.69 Å². The van der Waals surface area contributed by atoms with E-state index in [0.29, 0.717) is 5.69 Å². The minimum absolute atomic E-state index is 0.0863. The Labute approximate surface area is 109 Å². The van der Waals surface area contributed by atoms with Gasteiger partial charge in [0.2, 0.25) is 0 Å². The van der Waals surface area contributed by atoms with E-state index in [0.717, 1.165) is 16.6 Å². The maximum absolute atomic E-state index is 11.2. The first-order chi connectivity index (χ1) is 9.18. The van der Waals surface area contributed by atoms with Crippen LogP contribution in [0.5, 0.6) is 0 Å². The topological polar surface area (TPSA) is 61.0 Å². The molecule has 0 fully saturated rings. The van der Waals surface area contributed by atoms with Crippen LogP contribution in [0, 0.1) is 17.0 Å². The van der Waals surface area contributed by atoms with E-state index in [2.05, 4.69) is 4.98 Å². The van der Waals surface area contributed by atoms with E-state index in [4.69, 9.17) is 0 Å². The number of rotatable bonds is 2. The molecular weight excluding hydrogens is 242 g/mol. The zero-order chi connectivity index (χ0) is 13.4. The molecule has 2 aromatic carbocycles. The lowest BCUT2D eigenvalue weighted by Crippen LogP contribution is -2.01. The Morgan fingerprint density at radius 1 is 1.16 bits per heavy atom. The smallest absolute Gasteiger partial charge is 0.292 e. The summed E-state index contributed by atoms with van der Waals surface area (Å²) >= 11 is 0. The quantitative estimate of drug-likeness (QED) is 0.520. The molecule has 0 saturated carbocycles. The minimum Gasteiger partial charge on any atom is -0.292 e. The van der Waals surface area contributed by atoms with E-state index in [1.54, 1.807) is 17.0 Å². The molecule has 0 aliphatic rings. The Morgan fingerprint density at radius 2 is 1.95 bits per heavy atom. The molecule has 0 radical (unpaired) electrons. The van der Waals surface area contributed by atoms with E-state index in [1.807, 2.05) is 37.3 Å². The normalized spacial score (nSPS) is 10.8. The number of imidazole rings is 1. The van der Waals surface area contributed by atoms with Crippen LogP contribution in [0.3, 0.4) is 0 Å². The van der Waals surface area contributed by atoms with Gasteiger partial charge in [0.15, 0.2) is 0 Å². The number of hydrogen-bond acceptors (Lipinski definition) is 3. The standard InChI is InChI=1S/C14H11N3O2/c1-10-5-4-8-13(17(18)19)14(10)16-9-15-11-6-2-3-7-12(11)16/h2-9H,1H3. The third kappa shape index (κ3) is 1.76. The molecule has 1 heterocycles. The molecule has 0 N–H and O–H groups in total. The summed E-state index contributed by atoms with van der Waals surface area (Å²) in [6.07, 6.45) is 1.62. The molecule has 3 rings (SSSR count). The van der Waals surface area contributed by atoms with Crippen molar-refractivity contribution in [2.75, 3.05) is 0 Å². The van der Waals surface area contributed by atoms with Crippen LogP contribution in [0.4, 0.5) is 5.69 Å². The molecule has 5 heteroatoms. The summed E-state index contributed by atoms with van der Waals surface area (Å²) in [4.78, 5) is 15.1. The van der Waals surface area contributed by atoms with Crippen molar-refractivity contribution in [2.45, 2.75) is 6.92 Å². The fourth-order valence-electron chi connectivity index (χ4n) is 2.24. The molecule has 94 valence electrons. The molecule has 5 nitrogen and oxygen atoms in total. The van der Waals surface area contributed by atoms with Gasteiger partial charge in [0.05, 0.1) is 16.0 Å². The lowest BCUT2D eigenvalue weighted by Gasteiger charge is -2.08. The van der Waals surface area contributed by atoms with Crippen molar-refractivity contribution in [3.63, 3.8) is 0 Å². The number of nitrogens with zero attached hydrogens (tertiary/aromatic N) is 3. The molecule has 0 aliphatic carbocycles. The summed E-state index contributed by atoms with van der Waals surface area (Å²) in [6.45, 7) is 1.86. The number of para-hydroxylation sites is 3. The summed E-state index contributed by atoms with van der Waals surface area (Å²) in [7, 11) is 0. The van der Waals surface area contributed by atoms with E-state index in [-0.39, 0.29) is 10.6 Å². The van der Waals surface area contributed by atoms with Gasteiger partial charge in [-0.15, -0.1) is 0 Å². The van der Waals surface area contributed by atoms with Crippen LogP contribution in [-0.4, -0.2) is 14.5 Å². The van der Waals surface area contributed by atoms with Crippen molar-refractivity contribution in [1.82, 2.24) is 9.55 Å². The second-order valence-electron chi connectivity index (χ2n) is 4.30. The highest BCUT2D eigenvalue weighted by Gasteiger charge is 2.18. The van der Waals surface area contributed by atoms with Crippen LogP contribution in [0.2, 0.25) is 0 Å². The first-order valence-corrected chi connectivity index (χ1v) is 5.85. The first kappa shape index (κ1) is 11.4. The Hall–Kier alpha value is -2.69. The number of aromatic nitrogens is 2. The molecule has 1 aromatic heterocycles. The predicted octanol–water partition coefficient (Wildman–Crippen LogP) is 3.24. The van der Waals surface area contributed by atoms with Crippen LogP contribution >= 0.6 is 0 Å². The minimum atomic E-state index is -0.364. The van der Waals surface area contributed by atoms with Crippen molar-refractivity contribution in [3.05, 3.63) is 64.5 Å². The van der Waals surface area contributed by atoms with Crippen LogP contribution in [0.25, 0.3) is 16.7 Å². The van der Waals surface area contributed by atoms with E-state index >= 15 is 0 Å². The van der Waals surface area contributed by atoms with Gasteiger partial charge in [-0.3, -0.25) is 14.7 Å². The first-order valence-electron chi connectivity index (χ1n) is 5.85. The van der Waals surface area contributed by atoms with E-state index in [9.17, 15) is 10.1 Å². The molecule has 0 unspecified atom stereocenters. The Bertz CT molecular complexity index is 777. The maximum atomic E-state index is 11.2. The molecule has 0 saturated heterocycles. The van der Waals surface area contributed by atoms with Gasteiger partial charge in [-0.05, 0) is 24.6 Å². The average molecular weight is 253 g/mol. The number of benzene rings is 2. The van der Waals surface area contributed by atoms with Gasteiger partial charge in [-0.2, -0.15) is 0 Å². The Kier molecular flexibility index (Phi) is 2.52. The fourth-order valence-corrected chi connectivity index (χ4v) is 2.24. The average Bonchev–Trinajstić information content (AvgIpc) is 2.82. The second kappa shape index (κ2) is 4.20. The third-order valence-electron chi connectivity index (χ3n) is 3.11. The monoisotopic (exact) mass is 253 g/mol. The van der Waals surface area contributed by atoms with Gasteiger partial charge in [0.1, 0.15) is 12.0 Å². The van der Waals surface area contributed by atoms with Crippen molar-refractivity contribution < 1.29 is 4.92 Å². The summed E-state index contributed by atoms with van der Waals surface area (Å²) < 4.78 is 1.77. The molecule has 0 bridgehead atoms. The predicted molar refractivity (Wildman–Crippen MR) is 72.5 cm³/mol. The number of fused-ring (bicyclic) bond motifs is 1. The van der Waals surface area contributed by atoms with Gasteiger partial charge in [-0.1, -0.05) is 24.3 Å². The lowest BCUT2D eigenvalue weighted by molar-refractivity contribution is -0.384. The van der Waals surface area contributed by atoms with Crippen molar-refractivity contribution in [2.24, 2.45) is 0 Å². The number of hydrogen-bond donors (Lipinski definition) is 0. The van der Waals surface area contributed by atoms with Crippen molar-refractivity contribution >= 4 is 16.7 Å². The molecule has 0 spiro atoms. The summed E-state index contributed by atoms with van der Waals surface area (Å²) in [6, 6.07) is 12.6. The molecule has 0 aliphatic heterocycles.